The van der Waals surface area contributed by atoms with Gasteiger partial charge in [0.1, 0.15) is 0 Å². The minimum absolute atomic E-state index is 0.0943. The molecule has 2 unspecified atom stereocenters. The van der Waals surface area contributed by atoms with Crippen LogP contribution in [-0.4, -0.2) is 29.1 Å². The first kappa shape index (κ1) is 16.1. The van der Waals surface area contributed by atoms with Crippen molar-refractivity contribution in [2.75, 3.05) is 13.1 Å². The molecule has 2 atom stereocenters. The van der Waals surface area contributed by atoms with Crippen molar-refractivity contribution in [2.24, 2.45) is 5.41 Å². The van der Waals surface area contributed by atoms with Crippen molar-refractivity contribution in [1.82, 2.24) is 4.90 Å². The third-order valence-electron chi connectivity index (χ3n) is 4.42. The van der Waals surface area contributed by atoms with Gasteiger partial charge >= 0.3 is 5.97 Å². The van der Waals surface area contributed by atoms with E-state index in [4.69, 9.17) is 23.2 Å². The highest BCUT2D eigenvalue weighted by molar-refractivity contribution is 7.20. The average molecular weight is 336 g/mol. The fourth-order valence-electron chi connectivity index (χ4n) is 2.95. The lowest BCUT2D eigenvalue weighted by Crippen LogP contribution is -2.48. The van der Waals surface area contributed by atoms with Crippen LogP contribution in [0.3, 0.4) is 0 Å². The van der Waals surface area contributed by atoms with Gasteiger partial charge in [-0.05, 0) is 38.8 Å². The molecule has 0 radical (unpaired) electrons. The maximum absolute atomic E-state index is 11.6. The van der Waals surface area contributed by atoms with Crippen LogP contribution in [0.25, 0.3) is 0 Å². The molecule has 1 aromatic rings. The second-order valence-corrected chi connectivity index (χ2v) is 7.75. The number of rotatable bonds is 4. The Balaban J connectivity index is 2.20. The summed E-state index contributed by atoms with van der Waals surface area (Å²) in [4.78, 5) is 13.8. The third kappa shape index (κ3) is 2.98. The summed E-state index contributed by atoms with van der Waals surface area (Å²) in [6, 6.07) is 1.99. The fraction of sp³-hybridized carbons (Fsp3) is 0.643. The zero-order valence-electron chi connectivity index (χ0n) is 11.7. The molecule has 1 saturated heterocycles. The van der Waals surface area contributed by atoms with Crippen molar-refractivity contribution < 1.29 is 9.90 Å². The van der Waals surface area contributed by atoms with E-state index < -0.39 is 11.4 Å². The molecular formula is C14H19Cl2NO2S. The number of likely N-dealkylation sites (tertiary alicyclic amines) is 1. The van der Waals surface area contributed by atoms with Gasteiger partial charge in [-0.2, -0.15) is 0 Å². The predicted octanol–water partition coefficient (Wildman–Crippen LogP) is 4.69. The molecule has 0 amide bonds. The molecule has 1 aliphatic heterocycles. The van der Waals surface area contributed by atoms with Crippen molar-refractivity contribution in [3.8, 4) is 0 Å². The molecule has 0 spiro atoms. The predicted molar refractivity (Wildman–Crippen MR) is 83.9 cm³/mol. The molecule has 1 N–H and O–H groups in total. The molecule has 0 saturated carbocycles. The summed E-state index contributed by atoms with van der Waals surface area (Å²) in [5.74, 6) is -0.689. The maximum atomic E-state index is 11.6. The highest BCUT2D eigenvalue weighted by Gasteiger charge is 2.42. The SMILES string of the molecule is CCC1(C(=O)O)CCCN(C(C)c2cc(Cl)sc2Cl)C1. The molecule has 1 aromatic heterocycles. The summed E-state index contributed by atoms with van der Waals surface area (Å²) in [5.41, 5.74) is 0.373. The minimum atomic E-state index is -0.689. The molecule has 1 fully saturated rings. The summed E-state index contributed by atoms with van der Waals surface area (Å²) >= 11 is 13.6. The van der Waals surface area contributed by atoms with Crippen LogP contribution in [0.1, 0.15) is 44.7 Å². The van der Waals surface area contributed by atoms with Crippen LogP contribution < -0.4 is 0 Å². The molecule has 6 heteroatoms. The second-order valence-electron chi connectivity index (χ2n) is 5.47. The Labute approximate surface area is 133 Å². The summed E-state index contributed by atoms with van der Waals surface area (Å²) in [5, 5.41) is 9.55. The first-order valence-corrected chi connectivity index (χ1v) is 8.39. The second kappa shape index (κ2) is 6.22. The number of carboxylic acid groups (broad SMARTS) is 1. The van der Waals surface area contributed by atoms with Gasteiger partial charge in [-0.1, -0.05) is 30.1 Å². The lowest BCUT2D eigenvalue weighted by Gasteiger charge is -2.42. The average Bonchev–Trinajstić information content (AvgIpc) is 2.76. The zero-order chi connectivity index (χ0) is 14.9. The number of hydrogen-bond donors (Lipinski definition) is 1. The van der Waals surface area contributed by atoms with E-state index in [1.54, 1.807) is 0 Å². The number of piperidine rings is 1. The van der Waals surface area contributed by atoms with Crippen molar-refractivity contribution in [3.63, 3.8) is 0 Å². The number of halogens is 2. The summed E-state index contributed by atoms with van der Waals surface area (Å²) in [7, 11) is 0. The molecule has 0 aromatic carbocycles. The van der Waals surface area contributed by atoms with Crippen LogP contribution >= 0.6 is 34.5 Å². The van der Waals surface area contributed by atoms with E-state index in [9.17, 15) is 9.90 Å². The van der Waals surface area contributed by atoms with Crippen LogP contribution in [0, 0.1) is 5.41 Å². The van der Waals surface area contributed by atoms with E-state index in [-0.39, 0.29) is 6.04 Å². The van der Waals surface area contributed by atoms with Crippen LogP contribution in [0.15, 0.2) is 6.07 Å². The molecule has 112 valence electrons. The van der Waals surface area contributed by atoms with E-state index in [2.05, 4.69) is 11.8 Å². The topological polar surface area (TPSA) is 40.5 Å². The standard InChI is InChI=1S/C14H19Cl2NO2S/c1-3-14(13(18)19)5-4-6-17(8-14)9(2)10-7-11(15)20-12(10)16/h7,9H,3-6,8H2,1-2H3,(H,18,19). The number of carbonyl (C=O) groups is 1. The Kier molecular flexibility index (Phi) is 5.00. The lowest BCUT2D eigenvalue weighted by atomic mass is 9.77. The quantitative estimate of drug-likeness (QED) is 0.867. The van der Waals surface area contributed by atoms with Crippen molar-refractivity contribution in [3.05, 3.63) is 20.3 Å². The van der Waals surface area contributed by atoms with Crippen LogP contribution in [0.4, 0.5) is 0 Å². The summed E-state index contributed by atoms with van der Waals surface area (Å²) < 4.78 is 1.37. The van der Waals surface area contributed by atoms with Crippen LogP contribution in [-0.2, 0) is 4.79 Å². The summed E-state index contributed by atoms with van der Waals surface area (Å²) in [6.07, 6.45) is 2.31. The van der Waals surface area contributed by atoms with Crippen LogP contribution in [0.5, 0.6) is 0 Å². The van der Waals surface area contributed by atoms with Gasteiger partial charge in [0, 0.05) is 18.2 Å². The molecule has 2 heterocycles. The van der Waals surface area contributed by atoms with Gasteiger partial charge in [-0.25, -0.2) is 0 Å². The largest absolute Gasteiger partial charge is 0.481 e. The van der Waals surface area contributed by atoms with Gasteiger partial charge in [0.05, 0.1) is 14.1 Å². The fourth-order valence-corrected chi connectivity index (χ4v) is 4.58. The number of nitrogens with zero attached hydrogens (tertiary/aromatic N) is 1. The Morgan fingerprint density at radius 2 is 2.30 bits per heavy atom. The van der Waals surface area contributed by atoms with E-state index in [0.29, 0.717) is 21.6 Å². The van der Waals surface area contributed by atoms with Gasteiger partial charge in [0.25, 0.3) is 0 Å². The molecule has 2 rings (SSSR count). The third-order valence-corrected chi connectivity index (χ3v) is 5.94. The van der Waals surface area contributed by atoms with Crippen molar-refractivity contribution in [2.45, 2.75) is 39.2 Å². The molecular weight excluding hydrogens is 317 g/mol. The first-order valence-electron chi connectivity index (χ1n) is 6.82. The van der Waals surface area contributed by atoms with Gasteiger partial charge in [0.2, 0.25) is 0 Å². The van der Waals surface area contributed by atoms with E-state index >= 15 is 0 Å². The molecule has 0 bridgehead atoms. The summed E-state index contributed by atoms with van der Waals surface area (Å²) in [6.45, 7) is 5.50. The Hall–Kier alpha value is -0.290. The first-order chi connectivity index (χ1) is 9.39. The molecule has 20 heavy (non-hydrogen) atoms. The van der Waals surface area contributed by atoms with E-state index in [1.807, 2.05) is 13.0 Å². The highest BCUT2D eigenvalue weighted by atomic mass is 35.5. The monoisotopic (exact) mass is 335 g/mol. The molecule has 1 aliphatic rings. The van der Waals surface area contributed by atoms with E-state index in [0.717, 1.165) is 24.9 Å². The minimum Gasteiger partial charge on any atom is -0.481 e. The number of carboxylic acids is 1. The number of aliphatic carboxylic acids is 1. The molecule has 0 aliphatic carbocycles. The Bertz CT molecular complexity index is 505. The Morgan fingerprint density at radius 3 is 2.80 bits per heavy atom. The van der Waals surface area contributed by atoms with Gasteiger partial charge in [0.15, 0.2) is 0 Å². The lowest BCUT2D eigenvalue weighted by molar-refractivity contribution is -0.153. The van der Waals surface area contributed by atoms with Crippen molar-refractivity contribution >= 4 is 40.5 Å². The highest BCUT2D eigenvalue weighted by Crippen LogP contribution is 2.41. The van der Waals surface area contributed by atoms with Crippen molar-refractivity contribution in [1.29, 1.82) is 0 Å². The number of thiophene rings is 1. The van der Waals surface area contributed by atoms with Gasteiger partial charge in [-0.15, -0.1) is 11.3 Å². The zero-order valence-corrected chi connectivity index (χ0v) is 14.0. The molecule has 3 nitrogen and oxygen atoms in total. The normalized spacial score (nSPS) is 25.6. The van der Waals surface area contributed by atoms with E-state index in [1.165, 1.54) is 11.3 Å². The Morgan fingerprint density at radius 1 is 1.60 bits per heavy atom. The smallest absolute Gasteiger partial charge is 0.310 e. The maximum Gasteiger partial charge on any atom is 0.310 e. The van der Waals surface area contributed by atoms with Gasteiger partial charge < -0.3 is 5.11 Å². The van der Waals surface area contributed by atoms with Gasteiger partial charge in [-0.3, -0.25) is 9.69 Å². The number of hydrogen-bond acceptors (Lipinski definition) is 3. The van der Waals surface area contributed by atoms with Crippen LogP contribution in [0.2, 0.25) is 8.67 Å².